The number of fused-ring (bicyclic) bond motifs is 1. The van der Waals surface area contributed by atoms with E-state index in [4.69, 9.17) is 4.74 Å². The molecular weight excluding hydrogens is 302 g/mol. The van der Waals surface area contributed by atoms with Crippen LogP contribution in [0.15, 0.2) is 29.8 Å². The maximum Gasteiger partial charge on any atom is 0.262 e. The van der Waals surface area contributed by atoms with Gasteiger partial charge >= 0.3 is 0 Å². The van der Waals surface area contributed by atoms with Crippen LogP contribution in [0.25, 0.3) is 16.4 Å². The van der Waals surface area contributed by atoms with Gasteiger partial charge in [-0.1, -0.05) is 5.21 Å². The summed E-state index contributed by atoms with van der Waals surface area (Å²) in [4.78, 5) is 15.9. The van der Waals surface area contributed by atoms with Crippen molar-refractivity contribution in [1.29, 1.82) is 0 Å². The van der Waals surface area contributed by atoms with Crippen molar-refractivity contribution in [3.8, 4) is 22.1 Å². The first-order chi connectivity index (χ1) is 10.7. The number of benzene rings is 1. The van der Waals surface area contributed by atoms with E-state index in [2.05, 4.69) is 20.6 Å². The third-order valence-corrected chi connectivity index (χ3v) is 4.21. The van der Waals surface area contributed by atoms with Gasteiger partial charge in [0.15, 0.2) is 6.61 Å². The fourth-order valence-electron chi connectivity index (χ4n) is 2.25. The fourth-order valence-corrected chi connectivity index (χ4v) is 3.04. The van der Waals surface area contributed by atoms with Crippen LogP contribution in [0.2, 0.25) is 0 Å². The molecule has 0 aliphatic carbocycles. The Bertz CT molecular complexity index is 870. The molecule has 3 heterocycles. The van der Waals surface area contributed by atoms with Crippen LogP contribution in [0.5, 0.6) is 5.75 Å². The molecule has 1 aliphatic rings. The van der Waals surface area contributed by atoms with Crippen molar-refractivity contribution in [2.24, 2.45) is 0 Å². The minimum atomic E-state index is -0.168. The van der Waals surface area contributed by atoms with E-state index in [1.165, 1.54) is 11.3 Å². The number of aromatic nitrogens is 4. The summed E-state index contributed by atoms with van der Waals surface area (Å²) in [5.74, 6) is 0.481. The van der Waals surface area contributed by atoms with E-state index in [0.29, 0.717) is 11.4 Å². The molecule has 0 spiro atoms. The van der Waals surface area contributed by atoms with Gasteiger partial charge in [0.2, 0.25) is 0 Å². The summed E-state index contributed by atoms with van der Waals surface area (Å²) in [5, 5.41) is 13.7. The quantitative estimate of drug-likeness (QED) is 0.783. The molecule has 7 nitrogen and oxygen atoms in total. The van der Waals surface area contributed by atoms with Crippen LogP contribution >= 0.6 is 11.3 Å². The van der Waals surface area contributed by atoms with Crippen LogP contribution in [0, 0.1) is 6.92 Å². The largest absolute Gasteiger partial charge is 0.482 e. The number of hydrogen-bond acceptors (Lipinski definition) is 6. The molecule has 0 fully saturated rings. The molecule has 1 aromatic carbocycles. The average molecular weight is 313 g/mol. The lowest BCUT2D eigenvalue weighted by Gasteiger charge is -2.18. The monoisotopic (exact) mass is 313 g/mol. The van der Waals surface area contributed by atoms with Crippen molar-refractivity contribution in [3.63, 3.8) is 0 Å². The number of hydrogen-bond donors (Lipinski definition) is 1. The Morgan fingerprint density at radius 2 is 2.32 bits per heavy atom. The Kier molecular flexibility index (Phi) is 2.90. The van der Waals surface area contributed by atoms with E-state index in [-0.39, 0.29) is 12.5 Å². The van der Waals surface area contributed by atoms with Gasteiger partial charge in [0.05, 0.1) is 17.6 Å². The van der Waals surface area contributed by atoms with Gasteiger partial charge in [-0.15, -0.1) is 16.4 Å². The van der Waals surface area contributed by atoms with Gasteiger partial charge in [-0.3, -0.25) is 4.79 Å². The zero-order valence-corrected chi connectivity index (χ0v) is 12.4. The molecule has 3 aromatic rings. The summed E-state index contributed by atoms with van der Waals surface area (Å²) in [6.07, 6.45) is 1.67. The molecular formula is C14H11N5O2S. The van der Waals surface area contributed by atoms with E-state index in [0.717, 1.165) is 22.1 Å². The lowest BCUT2D eigenvalue weighted by atomic mass is 10.2. The standard InChI is InChI=1S/C14H11N5O2S/c1-8-7-22-14(16-8)11-5-15-18-19(11)9-2-3-12-10(4-9)17-13(20)6-21-12/h2-5,7H,6H2,1H3,(H,17,20). The molecule has 0 bridgehead atoms. The van der Waals surface area contributed by atoms with Gasteiger partial charge < -0.3 is 10.1 Å². The summed E-state index contributed by atoms with van der Waals surface area (Å²) >= 11 is 1.54. The Balaban J connectivity index is 1.79. The van der Waals surface area contributed by atoms with Crippen molar-refractivity contribution in [1.82, 2.24) is 20.0 Å². The summed E-state index contributed by atoms with van der Waals surface area (Å²) in [6.45, 7) is 1.99. The van der Waals surface area contributed by atoms with Crippen molar-refractivity contribution >= 4 is 22.9 Å². The molecule has 0 atom stereocenters. The van der Waals surface area contributed by atoms with Crippen molar-refractivity contribution < 1.29 is 9.53 Å². The van der Waals surface area contributed by atoms with Crippen molar-refractivity contribution in [3.05, 3.63) is 35.5 Å². The third kappa shape index (κ3) is 2.13. The van der Waals surface area contributed by atoms with Gasteiger partial charge in [0.25, 0.3) is 5.91 Å². The predicted octanol–water partition coefficient (Wildman–Crippen LogP) is 2.03. The first-order valence-electron chi connectivity index (χ1n) is 6.61. The summed E-state index contributed by atoms with van der Waals surface area (Å²) in [6, 6.07) is 5.49. The number of ether oxygens (including phenoxy) is 1. The lowest BCUT2D eigenvalue weighted by Crippen LogP contribution is -2.25. The molecule has 1 N–H and O–H groups in total. The molecule has 1 amide bonds. The molecule has 0 saturated heterocycles. The number of carbonyl (C=O) groups excluding carboxylic acids is 1. The van der Waals surface area contributed by atoms with Crippen molar-refractivity contribution in [2.45, 2.75) is 6.92 Å². The first kappa shape index (κ1) is 13.0. The predicted molar refractivity (Wildman–Crippen MR) is 81.3 cm³/mol. The smallest absolute Gasteiger partial charge is 0.262 e. The highest BCUT2D eigenvalue weighted by Crippen LogP contribution is 2.31. The van der Waals surface area contributed by atoms with Crippen LogP contribution in [0.1, 0.15) is 5.69 Å². The molecule has 0 saturated carbocycles. The van der Waals surface area contributed by atoms with Crippen LogP contribution < -0.4 is 10.1 Å². The SMILES string of the molecule is Cc1csc(-c2cnnn2-c2ccc3c(c2)NC(=O)CO3)n1. The third-order valence-electron chi connectivity index (χ3n) is 3.23. The number of anilines is 1. The molecule has 0 unspecified atom stereocenters. The highest BCUT2D eigenvalue weighted by Gasteiger charge is 2.18. The number of carbonyl (C=O) groups is 1. The summed E-state index contributed by atoms with van der Waals surface area (Å²) in [7, 11) is 0. The van der Waals surface area contributed by atoms with Crippen LogP contribution in [0.3, 0.4) is 0 Å². The second-order valence-corrected chi connectivity index (χ2v) is 5.70. The number of aryl methyl sites for hydroxylation is 1. The molecule has 4 rings (SSSR count). The molecule has 8 heteroatoms. The Labute approximate surface area is 129 Å². The summed E-state index contributed by atoms with van der Waals surface area (Å²) in [5.41, 5.74) is 3.18. The Hall–Kier alpha value is -2.74. The minimum absolute atomic E-state index is 0.0410. The number of thiazole rings is 1. The van der Waals surface area contributed by atoms with Gasteiger partial charge in [0, 0.05) is 11.1 Å². The highest BCUT2D eigenvalue weighted by molar-refractivity contribution is 7.13. The topological polar surface area (TPSA) is 81.9 Å². The maximum absolute atomic E-state index is 11.4. The lowest BCUT2D eigenvalue weighted by molar-refractivity contribution is -0.118. The Morgan fingerprint density at radius 3 is 3.14 bits per heavy atom. The zero-order chi connectivity index (χ0) is 15.1. The average Bonchev–Trinajstić information content (AvgIpc) is 3.14. The van der Waals surface area contributed by atoms with E-state index in [1.807, 2.05) is 30.5 Å². The van der Waals surface area contributed by atoms with E-state index in [9.17, 15) is 4.79 Å². The van der Waals surface area contributed by atoms with E-state index < -0.39 is 0 Å². The first-order valence-corrected chi connectivity index (χ1v) is 7.49. The van der Waals surface area contributed by atoms with Gasteiger partial charge in [0.1, 0.15) is 16.5 Å². The summed E-state index contributed by atoms with van der Waals surface area (Å²) < 4.78 is 7.05. The second-order valence-electron chi connectivity index (χ2n) is 4.84. The molecule has 110 valence electrons. The molecule has 1 aliphatic heterocycles. The van der Waals surface area contributed by atoms with Gasteiger partial charge in [-0.2, -0.15) is 0 Å². The highest BCUT2D eigenvalue weighted by atomic mass is 32.1. The van der Waals surface area contributed by atoms with E-state index >= 15 is 0 Å². The fraction of sp³-hybridized carbons (Fsp3) is 0.143. The van der Waals surface area contributed by atoms with Crippen molar-refractivity contribution in [2.75, 3.05) is 11.9 Å². The van der Waals surface area contributed by atoms with Crippen LogP contribution in [0.4, 0.5) is 5.69 Å². The van der Waals surface area contributed by atoms with Crippen LogP contribution in [-0.2, 0) is 4.79 Å². The number of nitrogens with zero attached hydrogens (tertiary/aromatic N) is 4. The number of rotatable bonds is 2. The number of amides is 1. The number of nitrogens with one attached hydrogen (secondary N) is 1. The molecule has 2 aromatic heterocycles. The van der Waals surface area contributed by atoms with Gasteiger partial charge in [-0.25, -0.2) is 9.67 Å². The normalized spacial score (nSPS) is 13.4. The second kappa shape index (κ2) is 4.92. The molecule has 0 radical (unpaired) electrons. The Morgan fingerprint density at radius 1 is 1.41 bits per heavy atom. The zero-order valence-electron chi connectivity index (χ0n) is 11.6. The molecule has 22 heavy (non-hydrogen) atoms. The van der Waals surface area contributed by atoms with Crippen LogP contribution in [-0.4, -0.2) is 32.5 Å². The van der Waals surface area contributed by atoms with Gasteiger partial charge in [-0.05, 0) is 25.1 Å². The minimum Gasteiger partial charge on any atom is -0.482 e. The maximum atomic E-state index is 11.4. The van der Waals surface area contributed by atoms with E-state index in [1.54, 1.807) is 10.9 Å².